The lowest BCUT2D eigenvalue weighted by molar-refractivity contribution is -0.141. The fourth-order valence-corrected chi connectivity index (χ4v) is 5.11. The van der Waals surface area contributed by atoms with Crippen LogP contribution in [0.1, 0.15) is 50.0 Å². The molecule has 1 aliphatic heterocycles. The van der Waals surface area contributed by atoms with Crippen LogP contribution in [0.15, 0.2) is 54.6 Å². The maximum atomic E-state index is 13.9. The number of halogens is 2. The zero-order chi connectivity index (χ0) is 26.2. The van der Waals surface area contributed by atoms with E-state index in [9.17, 15) is 14.4 Å². The fourth-order valence-electron chi connectivity index (χ4n) is 4.59. The number of nitrogens with one attached hydrogen (secondary N) is 1. The van der Waals surface area contributed by atoms with E-state index >= 15 is 0 Å². The first-order valence-electron chi connectivity index (χ1n) is 11.9. The lowest BCUT2D eigenvalue weighted by Crippen LogP contribution is -2.55. The fraction of sp³-hybridized carbons (Fsp3) is 0.321. The van der Waals surface area contributed by atoms with Crippen LogP contribution < -0.4 is 10.2 Å². The topological polar surface area (TPSA) is 69.7 Å². The van der Waals surface area contributed by atoms with Crippen LogP contribution in [0.3, 0.4) is 0 Å². The molecule has 8 heteroatoms. The number of rotatable bonds is 7. The second kappa shape index (κ2) is 10.1. The van der Waals surface area contributed by atoms with Gasteiger partial charge in [-0.05, 0) is 56.8 Å². The van der Waals surface area contributed by atoms with Crippen molar-refractivity contribution in [3.8, 4) is 0 Å². The van der Waals surface area contributed by atoms with E-state index in [1.165, 1.54) is 9.80 Å². The number of hydrogen-bond donors (Lipinski definition) is 1. The molecule has 0 aromatic heterocycles. The Morgan fingerprint density at radius 1 is 1.00 bits per heavy atom. The first-order chi connectivity index (χ1) is 17.0. The SMILES string of the molecule is CCC(C(=O)NC(C)(C)C)N(Cc1c(Cl)cccc1Cl)C(=O)CN1C(=O)c2cccc3cccc1c23. The molecule has 3 amide bonds. The van der Waals surface area contributed by atoms with E-state index in [0.717, 1.165) is 10.8 Å². The third-order valence-corrected chi connectivity index (χ3v) is 6.92. The minimum Gasteiger partial charge on any atom is -0.350 e. The molecule has 0 saturated heterocycles. The first kappa shape index (κ1) is 26.0. The standard InChI is InChI=1S/C28H29Cl2N3O3/c1-5-22(26(35)31-28(2,3)4)32(15-19-20(29)12-8-13-21(19)30)24(34)16-33-23-14-7-10-17-9-6-11-18(25(17)23)27(33)36/h6-14,22H,5,15-16H2,1-4H3,(H,31,35). The molecule has 1 N–H and O–H groups in total. The normalized spacial score (nSPS) is 13.7. The van der Waals surface area contributed by atoms with E-state index in [2.05, 4.69) is 5.32 Å². The van der Waals surface area contributed by atoms with Crippen molar-refractivity contribution >= 4 is 57.4 Å². The van der Waals surface area contributed by atoms with Crippen molar-refractivity contribution in [2.45, 2.75) is 52.2 Å². The van der Waals surface area contributed by atoms with Crippen molar-refractivity contribution in [3.63, 3.8) is 0 Å². The van der Waals surface area contributed by atoms with Crippen LogP contribution in [0, 0.1) is 0 Å². The molecule has 1 unspecified atom stereocenters. The van der Waals surface area contributed by atoms with Crippen LogP contribution >= 0.6 is 23.2 Å². The average Bonchev–Trinajstić information content (AvgIpc) is 3.07. The molecule has 188 valence electrons. The van der Waals surface area contributed by atoms with Gasteiger partial charge in [0.2, 0.25) is 11.8 Å². The van der Waals surface area contributed by atoms with Gasteiger partial charge in [-0.15, -0.1) is 0 Å². The number of hydrogen-bond acceptors (Lipinski definition) is 3. The van der Waals surface area contributed by atoms with Crippen molar-refractivity contribution in [1.29, 1.82) is 0 Å². The molecular weight excluding hydrogens is 497 g/mol. The molecule has 1 aliphatic rings. The molecule has 36 heavy (non-hydrogen) atoms. The van der Waals surface area contributed by atoms with Gasteiger partial charge in [0.25, 0.3) is 5.91 Å². The number of carbonyl (C=O) groups excluding carboxylic acids is 3. The van der Waals surface area contributed by atoms with Crippen LogP contribution in [-0.4, -0.2) is 40.7 Å². The smallest absolute Gasteiger partial charge is 0.259 e. The van der Waals surface area contributed by atoms with Gasteiger partial charge >= 0.3 is 0 Å². The Morgan fingerprint density at radius 3 is 2.22 bits per heavy atom. The zero-order valence-electron chi connectivity index (χ0n) is 20.8. The van der Waals surface area contributed by atoms with Crippen molar-refractivity contribution < 1.29 is 14.4 Å². The summed E-state index contributed by atoms with van der Waals surface area (Å²) in [6, 6.07) is 15.5. The molecule has 3 aromatic carbocycles. The highest BCUT2D eigenvalue weighted by Gasteiger charge is 2.36. The van der Waals surface area contributed by atoms with E-state index in [1.807, 2.05) is 58.0 Å². The van der Waals surface area contributed by atoms with Crippen molar-refractivity contribution in [2.24, 2.45) is 0 Å². The van der Waals surface area contributed by atoms with E-state index in [-0.39, 0.29) is 30.8 Å². The third-order valence-electron chi connectivity index (χ3n) is 6.22. The molecule has 0 aliphatic carbocycles. The number of benzene rings is 3. The van der Waals surface area contributed by atoms with E-state index < -0.39 is 11.6 Å². The van der Waals surface area contributed by atoms with Crippen LogP contribution in [0.4, 0.5) is 5.69 Å². The molecular formula is C28H29Cl2N3O3. The molecule has 4 rings (SSSR count). The Morgan fingerprint density at radius 2 is 1.61 bits per heavy atom. The zero-order valence-corrected chi connectivity index (χ0v) is 22.3. The highest BCUT2D eigenvalue weighted by atomic mass is 35.5. The summed E-state index contributed by atoms with van der Waals surface area (Å²) in [7, 11) is 0. The molecule has 3 aromatic rings. The van der Waals surface area contributed by atoms with Gasteiger partial charge in [-0.25, -0.2) is 0 Å². The largest absolute Gasteiger partial charge is 0.350 e. The molecule has 0 fully saturated rings. The number of anilines is 1. The van der Waals surface area contributed by atoms with Crippen LogP contribution in [-0.2, 0) is 16.1 Å². The Hall–Kier alpha value is -3.09. The Labute approximate surface area is 221 Å². The molecule has 0 saturated carbocycles. The minimum absolute atomic E-state index is 0.0343. The molecule has 0 bridgehead atoms. The Bertz CT molecular complexity index is 1320. The van der Waals surface area contributed by atoms with Gasteiger partial charge in [-0.3, -0.25) is 19.3 Å². The molecule has 0 radical (unpaired) electrons. The van der Waals surface area contributed by atoms with Crippen LogP contribution in [0.25, 0.3) is 10.8 Å². The monoisotopic (exact) mass is 525 g/mol. The molecule has 6 nitrogen and oxygen atoms in total. The summed E-state index contributed by atoms with van der Waals surface area (Å²) in [5.74, 6) is -0.891. The van der Waals surface area contributed by atoms with E-state index in [0.29, 0.717) is 33.3 Å². The predicted molar refractivity (Wildman–Crippen MR) is 145 cm³/mol. The number of nitrogens with zero attached hydrogens (tertiary/aromatic N) is 2. The average molecular weight is 526 g/mol. The maximum absolute atomic E-state index is 13.9. The van der Waals surface area contributed by atoms with Gasteiger partial charge in [0.15, 0.2) is 0 Å². The maximum Gasteiger partial charge on any atom is 0.259 e. The Balaban J connectivity index is 1.70. The summed E-state index contributed by atoms with van der Waals surface area (Å²) in [6.45, 7) is 7.32. The third kappa shape index (κ3) is 5.06. The predicted octanol–water partition coefficient (Wildman–Crippen LogP) is 5.83. The summed E-state index contributed by atoms with van der Waals surface area (Å²) in [5, 5.41) is 5.54. The van der Waals surface area contributed by atoms with E-state index in [4.69, 9.17) is 23.2 Å². The molecule has 1 heterocycles. The summed E-state index contributed by atoms with van der Waals surface area (Å²) in [6.07, 6.45) is 0.374. The molecule has 1 atom stereocenters. The Kier molecular flexibility index (Phi) is 7.30. The van der Waals surface area contributed by atoms with Crippen LogP contribution in [0.2, 0.25) is 10.0 Å². The highest BCUT2D eigenvalue weighted by Crippen LogP contribution is 2.37. The summed E-state index contributed by atoms with van der Waals surface area (Å²) >= 11 is 12.9. The summed E-state index contributed by atoms with van der Waals surface area (Å²) in [4.78, 5) is 43.4. The van der Waals surface area contributed by atoms with Crippen molar-refractivity contribution in [3.05, 3.63) is 75.8 Å². The number of amides is 3. The number of carbonyl (C=O) groups is 3. The summed E-state index contributed by atoms with van der Waals surface area (Å²) < 4.78 is 0. The van der Waals surface area contributed by atoms with Gasteiger partial charge in [0, 0.05) is 38.6 Å². The summed E-state index contributed by atoms with van der Waals surface area (Å²) in [5.41, 5.74) is 1.32. The first-order valence-corrected chi connectivity index (χ1v) is 12.7. The van der Waals surface area contributed by atoms with Crippen molar-refractivity contribution in [1.82, 2.24) is 10.2 Å². The van der Waals surface area contributed by atoms with Crippen molar-refractivity contribution in [2.75, 3.05) is 11.4 Å². The lowest BCUT2D eigenvalue weighted by Gasteiger charge is -2.34. The van der Waals surface area contributed by atoms with Gasteiger partial charge in [0.1, 0.15) is 12.6 Å². The quantitative estimate of drug-likeness (QED) is 0.421. The molecule has 0 spiro atoms. The van der Waals surface area contributed by atoms with Gasteiger partial charge in [-0.2, -0.15) is 0 Å². The van der Waals surface area contributed by atoms with Gasteiger partial charge in [-0.1, -0.05) is 60.5 Å². The van der Waals surface area contributed by atoms with Gasteiger partial charge < -0.3 is 10.2 Å². The lowest BCUT2D eigenvalue weighted by atomic mass is 10.1. The highest BCUT2D eigenvalue weighted by molar-refractivity contribution is 6.36. The second-order valence-electron chi connectivity index (χ2n) is 9.96. The second-order valence-corrected chi connectivity index (χ2v) is 10.8. The minimum atomic E-state index is -0.778. The van der Waals surface area contributed by atoms with Crippen LogP contribution in [0.5, 0.6) is 0 Å². The van der Waals surface area contributed by atoms with E-state index in [1.54, 1.807) is 24.3 Å². The van der Waals surface area contributed by atoms with Gasteiger partial charge in [0.05, 0.1) is 5.69 Å².